The molecule has 1 aliphatic carbocycles. The van der Waals surface area contributed by atoms with Crippen molar-refractivity contribution >= 4 is 17.3 Å². The maximum absolute atomic E-state index is 12.6. The van der Waals surface area contributed by atoms with E-state index >= 15 is 0 Å². The van der Waals surface area contributed by atoms with Crippen LogP contribution in [-0.2, 0) is 4.74 Å². The van der Waals surface area contributed by atoms with Crippen molar-refractivity contribution in [2.75, 3.05) is 18.5 Å². The van der Waals surface area contributed by atoms with Crippen LogP contribution in [0.25, 0.3) is 0 Å². The Bertz CT molecular complexity index is 1120. The van der Waals surface area contributed by atoms with Crippen LogP contribution in [0.1, 0.15) is 34.7 Å². The largest absolute Gasteiger partial charge is 0.486 e. The van der Waals surface area contributed by atoms with Crippen molar-refractivity contribution in [3.05, 3.63) is 77.7 Å². The molecule has 0 unspecified atom stereocenters. The number of nitrogens with one attached hydrogen (secondary N) is 2. The standard InChI is InChI=1S/C23H22N4O3/c28-22(27-23-24-9-2-10-25-23)16-7-8-21(20(11-16)15-5-6-15)26-17-3-1-4-18(12-17)30-19-13-29-14-19/h1-4,7-12,15,19,26H,5-6,13-14H2,(H,24,25,27,28). The predicted octanol–water partition coefficient (Wildman–Crippen LogP) is 3.55. The van der Waals surface area contributed by atoms with Crippen LogP contribution in [0.3, 0.4) is 0 Å². The summed E-state index contributed by atoms with van der Waals surface area (Å²) in [7, 11) is 0. The summed E-state index contributed by atoms with van der Waals surface area (Å²) in [6, 6.07) is 15.3. The third-order valence-electron chi connectivity index (χ3n) is 5.14. The number of carbonyl (C=O) groups is 1. The molecule has 152 valence electrons. The second-order valence-corrected chi connectivity index (χ2v) is 7.53. The number of anilines is 2. The molecule has 0 spiro atoms. The highest BCUT2D eigenvalue weighted by molar-refractivity contribution is 5.95. The molecule has 7 nitrogen and oxygen atoms in total. The topological polar surface area (TPSA) is 88.6 Å². The highest BCUT2D eigenvalue weighted by Crippen LogP contribution is 2.44. The first-order valence-corrected chi connectivity index (χ1v) is 10.1. The van der Waals surface area contributed by atoms with Crippen LogP contribution in [0.5, 0.6) is 5.75 Å². The van der Waals surface area contributed by atoms with Crippen LogP contribution in [-0.4, -0.2) is 35.2 Å². The number of aromatic nitrogens is 2. The maximum Gasteiger partial charge on any atom is 0.280 e. The predicted molar refractivity (Wildman–Crippen MR) is 112 cm³/mol. The lowest BCUT2D eigenvalue weighted by Gasteiger charge is -2.26. The number of ether oxygens (including phenoxy) is 2. The van der Waals surface area contributed by atoms with Crippen molar-refractivity contribution in [2.24, 2.45) is 4.99 Å². The minimum absolute atomic E-state index is 0.132. The van der Waals surface area contributed by atoms with Crippen LogP contribution in [0, 0.1) is 0 Å². The van der Waals surface area contributed by atoms with E-state index in [1.807, 2.05) is 36.4 Å². The van der Waals surface area contributed by atoms with Crippen molar-refractivity contribution in [2.45, 2.75) is 24.9 Å². The highest BCUT2D eigenvalue weighted by atomic mass is 16.6. The molecule has 5 rings (SSSR count). The molecule has 1 aliphatic heterocycles. The number of amides is 1. The number of benzene rings is 2. The molecular formula is C23H22N4O3. The van der Waals surface area contributed by atoms with Gasteiger partial charge in [0.2, 0.25) is 5.62 Å². The lowest BCUT2D eigenvalue weighted by atomic mass is 10.0. The molecule has 7 heteroatoms. The molecule has 1 saturated heterocycles. The summed E-state index contributed by atoms with van der Waals surface area (Å²) < 4.78 is 11.1. The Morgan fingerprint density at radius 3 is 2.80 bits per heavy atom. The summed E-state index contributed by atoms with van der Waals surface area (Å²) in [5, 5.41) is 3.49. The average Bonchev–Trinajstić information content (AvgIpc) is 3.57. The van der Waals surface area contributed by atoms with E-state index < -0.39 is 0 Å². The first-order valence-electron chi connectivity index (χ1n) is 10.1. The molecule has 3 aromatic rings. The van der Waals surface area contributed by atoms with E-state index in [-0.39, 0.29) is 12.0 Å². The van der Waals surface area contributed by atoms with E-state index in [4.69, 9.17) is 9.47 Å². The molecule has 0 bridgehead atoms. The Morgan fingerprint density at radius 1 is 1.17 bits per heavy atom. The summed E-state index contributed by atoms with van der Waals surface area (Å²) in [4.78, 5) is 23.6. The maximum atomic E-state index is 12.6. The molecule has 2 N–H and O–H groups in total. The van der Waals surface area contributed by atoms with Crippen molar-refractivity contribution in [1.82, 2.24) is 9.97 Å². The first-order chi connectivity index (χ1) is 14.7. The second-order valence-electron chi connectivity index (χ2n) is 7.53. The van der Waals surface area contributed by atoms with Crippen LogP contribution in [0.15, 0.2) is 65.9 Å². The lowest BCUT2D eigenvalue weighted by molar-refractivity contribution is -0.0796. The zero-order valence-electron chi connectivity index (χ0n) is 16.4. The summed E-state index contributed by atoms with van der Waals surface area (Å²) >= 11 is 0. The van der Waals surface area contributed by atoms with Crippen molar-refractivity contribution in [3.8, 4) is 5.75 Å². The van der Waals surface area contributed by atoms with Crippen molar-refractivity contribution < 1.29 is 14.3 Å². The number of hydrogen-bond acceptors (Lipinski definition) is 5. The average molecular weight is 402 g/mol. The summed E-state index contributed by atoms with van der Waals surface area (Å²) in [5.41, 5.74) is 3.94. The van der Waals surface area contributed by atoms with Gasteiger partial charge in [0, 0.05) is 35.4 Å². The highest BCUT2D eigenvalue weighted by Gasteiger charge is 2.27. The molecular weight excluding hydrogens is 380 g/mol. The van der Waals surface area contributed by atoms with Gasteiger partial charge in [0.1, 0.15) is 11.9 Å². The van der Waals surface area contributed by atoms with E-state index in [1.165, 1.54) is 0 Å². The number of aromatic amines is 1. The van der Waals surface area contributed by atoms with Gasteiger partial charge in [-0.1, -0.05) is 6.07 Å². The lowest BCUT2D eigenvalue weighted by Crippen LogP contribution is -2.38. The second kappa shape index (κ2) is 8.12. The van der Waals surface area contributed by atoms with Gasteiger partial charge in [0.25, 0.3) is 5.91 Å². The third kappa shape index (κ3) is 4.26. The van der Waals surface area contributed by atoms with E-state index in [9.17, 15) is 4.79 Å². The van der Waals surface area contributed by atoms with Gasteiger partial charge in [-0.15, -0.1) is 0 Å². The molecule has 2 heterocycles. The minimum atomic E-state index is -0.309. The van der Waals surface area contributed by atoms with Crippen LogP contribution < -0.4 is 15.7 Å². The Kier molecular flexibility index (Phi) is 5.03. The number of hydrogen-bond donors (Lipinski definition) is 2. The van der Waals surface area contributed by atoms with Gasteiger partial charge >= 0.3 is 0 Å². The van der Waals surface area contributed by atoms with Gasteiger partial charge < -0.3 is 19.8 Å². The molecule has 0 atom stereocenters. The normalized spacial score (nSPS) is 16.7. The van der Waals surface area contributed by atoms with E-state index in [0.717, 1.165) is 35.5 Å². The Hall–Kier alpha value is -3.45. The monoisotopic (exact) mass is 402 g/mol. The smallest absolute Gasteiger partial charge is 0.280 e. The van der Waals surface area contributed by atoms with Gasteiger partial charge in [-0.2, -0.15) is 4.99 Å². The molecule has 2 fully saturated rings. The fourth-order valence-electron chi connectivity index (χ4n) is 3.36. The third-order valence-corrected chi connectivity index (χ3v) is 5.14. The molecule has 2 aromatic carbocycles. The fourth-order valence-corrected chi connectivity index (χ4v) is 3.36. The zero-order valence-corrected chi connectivity index (χ0v) is 16.4. The van der Waals surface area contributed by atoms with Crippen LogP contribution in [0.4, 0.5) is 11.4 Å². The van der Waals surface area contributed by atoms with Crippen molar-refractivity contribution in [3.63, 3.8) is 0 Å². The summed E-state index contributed by atoms with van der Waals surface area (Å²) in [6.45, 7) is 1.28. The number of H-pyrrole nitrogens is 1. The molecule has 30 heavy (non-hydrogen) atoms. The number of carbonyl (C=O) groups excluding carboxylic acids is 1. The molecule has 2 aliphatic rings. The number of nitrogens with zero attached hydrogens (tertiary/aromatic N) is 2. The SMILES string of the molecule is O=C(N=c1nccc[nH]1)c1ccc(Nc2cccc(OC3COC3)c2)c(C2CC2)c1. The van der Waals surface area contributed by atoms with E-state index in [0.29, 0.717) is 30.3 Å². The summed E-state index contributed by atoms with van der Waals surface area (Å²) in [5.74, 6) is 0.975. The van der Waals surface area contributed by atoms with Gasteiger partial charge in [-0.25, -0.2) is 4.98 Å². The molecule has 0 radical (unpaired) electrons. The number of rotatable bonds is 6. The van der Waals surface area contributed by atoms with Gasteiger partial charge in [-0.3, -0.25) is 4.79 Å². The Labute approximate surface area is 173 Å². The first kappa shape index (κ1) is 18.6. The zero-order chi connectivity index (χ0) is 20.3. The summed E-state index contributed by atoms with van der Waals surface area (Å²) in [6.07, 6.45) is 5.68. The quantitative estimate of drug-likeness (QED) is 0.658. The van der Waals surface area contributed by atoms with Crippen LogP contribution >= 0.6 is 0 Å². The van der Waals surface area contributed by atoms with Gasteiger partial charge in [0.05, 0.1) is 13.2 Å². The molecule has 1 saturated carbocycles. The fraction of sp³-hybridized carbons (Fsp3) is 0.261. The minimum Gasteiger partial charge on any atom is -0.486 e. The van der Waals surface area contributed by atoms with E-state index in [1.54, 1.807) is 24.5 Å². The van der Waals surface area contributed by atoms with Crippen molar-refractivity contribution in [1.29, 1.82) is 0 Å². The van der Waals surface area contributed by atoms with Gasteiger partial charge in [-0.05, 0) is 60.7 Å². The van der Waals surface area contributed by atoms with E-state index in [2.05, 4.69) is 20.3 Å². The molecule has 1 amide bonds. The molecule has 1 aromatic heterocycles. The van der Waals surface area contributed by atoms with Crippen LogP contribution in [0.2, 0.25) is 0 Å². The van der Waals surface area contributed by atoms with Gasteiger partial charge in [0.15, 0.2) is 0 Å². The Morgan fingerprint density at radius 2 is 2.07 bits per heavy atom. The Balaban J connectivity index is 1.38.